The van der Waals surface area contributed by atoms with Crippen molar-refractivity contribution in [3.8, 4) is 17.2 Å². The van der Waals surface area contributed by atoms with Crippen molar-refractivity contribution in [2.45, 2.75) is 26.3 Å². The molecule has 2 aromatic carbocycles. The van der Waals surface area contributed by atoms with Gasteiger partial charge >= 0.3 is 0 Å². The Hall–Kier alpha value is -2.20. The van der Waals surface area contributed by atoms with Gasteiger partial charge in [0, 0.05) is 12.1 Å². The van der Waals surface area contributed by atoms with E-state index in [-0.39, 0.29) is 0 Å². The van der Waals surface area contributed by atoms with E-state index < -0.39 is 0 Å². The SMILES string of the molecule is CCc1cc(OC)c(CCNCc2ccccc2OC)cc1OC. The van der Waals surface area contributed by atoms with Crippen LogP contribution in [0.3, 0.4) is 0 Å². The van der Waals surface area contributed by atoms with Crippen LogP contribution in [0.2, 0.25) is 0 Å². The lowest BCUT2D eigenvalue weighted by Gasteiger charge is -2.15. The lowest BCUT2D eigenvalue weighted by Crippen LogP contribution is -2.17. The van der Waals surface area contributed by atoms with E-state index in [4.69, 9.17) is 14.2 Å². The van der Waals surface area contributed by atoms with Gasteiger partial charge in [0.15, 0.2) is 0 Å². The number of aryl methyl sites for hydroxylation is 1. The van der Waals surface area contributed by atoms with Gasteiger partial charge in [0.25, 0.3) is 0 Å². The zero-order valence-corrected chi connectivity index (χ0v) is 15.0. The standard InChI is InChI=1S/C20H27NO3/c1-5-15-12-20(24-4)16(13-19(15)23-3)10-11-21-14-17-8-6-7-9-18(17)22-2/h6-9,12-13,21H,5,10-11,14H2,1-4H3. The normalized spacial score (nSPS) is 10.5. The third kappa shape index (κ3) is 4.42. The van der Waals surface area contributed by atoms with Crippen LogP contribution in [0.1, 0.15) is 23.6 Å². The van der Waals surface area contributed by atoms with Crippen LogP contribution in [0, 0.1) is 0 Å². The third-order valence-corrected chi connectivity index (χ3v) is 4.14. The van der Waals surface area contributed by atoms with Gasteiger partial charge in [0.2, 0.25) is 0 Å². The first-order valence-electron chi connectivity index (χ1n) is 8.29. The molecule has 1 N–H and O–H groups in total. The summed E-state index contributed by atoms with van der Waals surface area (Å²) >= 11 is 0. The zero-order chi connectivity index (χ0) is 17.4. The monoisotopic (exact) mass is 329 g/mol. The van der Waals surface area contributed by atoms with Crippen molar-refractivity contribution in [2.75, 3.05) is 27.9 Å². The second kappa shape index (κ2) is 9.18. The fraction of sp³-hybridized carbons (Fsp3) is 0.400. The maximum atomic E-state index is 5.54. The van der Waals surface area contributed by atoms with E-state index in [1.54, 1.807) is 21.3 Å². The minimum absolute atomic E-state index is 0.774. The predicted molar refractivity (Wildman–Crippen MR) is 97.3 cm³/mol. The van der Waals surface area contributed by atoms with Crippen molar-refractivity contribution in [1.29, 1.82) is 0 Å². The molecule has 0 unspecified atom stereocenters. The van der Waals surface area contributed by atoms with Gasteiger partial charge in [-0.05, 0) is 48.7 Å². The van der Waals surface area contributed by atoms with Crippen LogP contribution in [0.4, 0.5) is 0 Å². The van der Waals surface area contributed by atoms with Gasteiger partial charge in [-0.1, -0.05) is 25.1 Å². The van der Waals surface area contributed by atoms with Crippen LogP contribution in [0.5, 0.6) is 17.2 Å². The predicted octanol–water partition coefficient (Wildman–Crippen LogP) is 3.61. The van der Waals surface area contributed by atoms with E-state index in [2.05, 4.69) is 30.4 Å². The summed E-state index contributed by atoms with van der Waals surface area (Å²) in [6, 6.07) is 12.2. The van der Waals surface area contributed by atoms with E-state index in [0.29, 0.717) is 0 Å². The summed E-state index contributed by atoms with van der Waals surface area (Å²) < 4.78 is 16.4. The second-order valence-corrected chi connectivity index (χ2v) is 5.57. The van der Waals surface area contributed by atoms with Gasteiger partial charge in [-0.15, -0.1) is 0 Å². The minimum atomic E-state index is 0.774. The molecular weight excluding hydrogens is 302 g/mol. The van der Waals surface area contributed by atoms with Crippen molar-refractivity contribution in [3.05, 3.63) is 53.1 Å². The Kier molecular flexibility index (Phi) is 6.94. The molecule has 0 aliphatic carbocycles. The molecule has 0 fully saturated rings. The molecule has 0 atom stereocenters. The van der Waals surface area contributed by atoms with Gasteiger partial charge in [-0.2, -0.15) is 0 Å². The lowest BCUT2D eigenvalue weighted by atomic mass is 10.0. The third-order valence-electron chi connectivity index (χ3n) is 4.14. The zero-order valence-electron chi connectivity index (χ0n) is 15.0. The summed E-state index contributed by atoms with van der Waals surface area (Å²) in [6.45, 7) is 3.74. The molecule has 130 valence electrons. The fourth-order valence-electron chi connectivity index (χ4n) is 2.79. The molecule has 0 heterocycles. The second-order valence-electron chi connectivity index (χ2n) is 5.57. The molecule has 0 aliphatic rings. The highest BCUT2D eigenvalue weighted by molar-refractivity contribution is 5.46. The quantitative estimate of drug-likeness (QED) is 0.714. The van der Waals surface area contributed by atoms with Crippen LogP contribution in [0.25, 0.3) is 0 Å². The first-order chi connectivity index (χ1) is 11.7. The van der Waals surface area contributed by atoms with E-state index in [0.717, 1.165) is 54.3 Å². The van der Waals surface area contributed by atoms with E-state index in [1.807, 2.05) is 18.2 Å². The molecule has 0 spiro atoms. The van der Waals surface area contributed by atoms with Gasteiger partial charge in [-0.25, -0.2) is 0 Å². The maximum Gasteiger partial charge on any atom is 0.123 e. The van der Waals surface area contributed by atoms with Crippen LogP contribution in [0.15, 0.2) is 36.4 Å². The molecule has 0 bridgehead atoms. The Morgan fingerprint density at radius 1 is 0.792 bits per heavy atom. The van der Waals surface area contributed by atoms with Crippen molar-refractivity contribution < 1.29 is 14.2 Å². The molecule has 0 radical (unpaired) electrons. The number of benzene rings is 2. The summed E-state index contributed by atoms with van der Waals surface area (Å²) in [5, 5.41) is 3.47. The Labute approximate surface area is 144 Å². The lowest BCUT2D eigenvalue weighted by molar-refractivity contribution is 0.394. The molecule has 0 saturated carbocycles. The molecule has 24 heavy (non-hydrogen) atoms. The number of methoxy groups -OCH3 is 3. The number of ether oxygens (including phenoxy) is 3. The summed E-state index contributed by atoms with van der Waals surface area (Å²) in [5.41, 5.74) is 3.48. The van der Waals surface area contributed by atoms with Gasteiger partial charge < -0.3 is 19.5 Å². The molecule has 0 aliphatic heterocycles. The average molecular weight is 329 g/mol. The van der Waals surface area contributed by atoms with Gasteiger partial charge in [-0.3, -0.25) is 0 Å². The molecule has 2 aromatic rings. The summed E-state index contributed by atoms with van der Waals surface area (Å²) in [6.07, 6.45) is 1.80. The molecule has 2 rings (SSSR count). The Morgan fingerprint density at radius 3 is 2.08 bits per heavy atom. The average Bonchev–Trinajstić information content (AvgIpc) is 2.64. The summed E-state index contributed by atoms with van der Waals surface area (Å²) in [5.74, 6) is 2.77. The molecular formula is C20H27NO3. The number of hydrogen-bond donors (Lipinski definition) is 1. The van der Waals surface area contributed by atoms with Crippen LogP contribution >= 0.6 is 0 Å². The van der Waals surface area contributed by atoms with Crippen LogP contribution < -0.4 is 19.5 Å². The largest absolute Gasteiger partial charge is 0.496 e. The number of hydrogen-bond acceptors (Lipinski definition) is 4. The molecule has 0 amide bonds. The smallest absolute Gasteiger partial charge is 0.123 e. The highest BCUT2D eigenvalue weighted by Crippen LogP contribution is 2.29. The first-order valence-corrected chi connectivity index (χ1v) is 8.29. The van der Waals surface area contributed by atoms with Crippen molar-refractivity contribution >= 4 is 0 Å². The van der Waals surface area contributed by atoms with E-state index >= 15 is 0 Å². The van der Waals surface area contributed by atoms with Crippen molar-refractivity contribution in [2.24, 2.45) is 0 Å². The van der Waals surface area contributed by atoms with Gasteiger partial charge in [0.1, 0.15) is 17.2 Å². The molecule has 0 saturated heterocycles. The fourth-order valence-corrected chi connectivity index (χ4v) is 2.79. The Morgan fingerprint density at radius 2 is 1.42 bits per heavy atom. The highest BCUT2D eigenvalue weighted by Gasteiger charge is 2.10. The Bertz CT molecular complexity index is 655. The molecule has 0 aromatic heterocycles. The summed E-state index contributed by atoms with van der Waals surface area (Å²) in [4.78, 5) is 0. The first kappa shape index (κ1) is 18.1. The summed E-state index contributed by atoms with van der Waals surface area (Å²) in [7, 11) is 5.13. The highest BCUT2D eigenvalue weighted by atomic mass is 16.5. The Balaban J connectivity index is 1.99. The maximum absolute atomic E-state index is 5.54. The topological polar surface area (TPSA) is 39.7 Å². The molecule has 4 heteroatoms. The number of para-hydroxylation sites is 1. The minimum Gasteiger partial charge on any atom is -0.496 e. The number of rotatable bonds is 9. The number of nitrogens with one attached hydrogen (secondary N) is 1. The van der Waals surface area contributed by atoms with Gasteiger partial charge in [0.05, 0.1) is 21.3 Å². The molecule has 4 nitrogen and oxygen atoms in total. The van der Waals surface area contributed by atoms with Crippen molar-refractivity contribution in [1.82, 2.24) is 5.32 Å². The van der Waals surface area contributed by atoms with E-state index in [1.165, 1.54) is 5.56 Å². The van der Waals surface area contributed by atoms with Crippen molar-refractivity contribution in [3.63, 3.8) is 0 Å². The van der Waals surface area contributed by atoms with E-state index in [9.17, 15) is 0 Å². The van der Waals surface area contributed by atoms with Crippen LogP contribution in [-0.4, -0.2) is 27.9 Å². The van der Waals surface area contributed by atoms with Crippen LogP contribution in [-0.2, 0) is 19.4 Å².